The highest BCUT2D eigenvalue weighted by atomic mass is 16.2. The zero-order valence-electron chi connectivity index (χ0n) is 10.4. The van der Waals surface area contributed by atoms with E-state index < -0.39 is 0 Å². The van der Waals surface area contributed by atoms with Crippen LogP contribution in [-0.4, -0.2) is 29.8 Å². The third-order valence-electron chi connectivity index (χ3n) is 3.91. The molecule has 1 N–H and O–H groups in total. The van der Waals surface area contributed by atoms with Gasteiger partial charge in [0.15, 0.2) is 0 Å². The fraction of sp³-hybridized carbons (Fsp3) is 0.429. The largest absolute Gasteiger partial charge is 0.387 e. The van der Waals surface area contributed by atoms with Gasteiger partial charge in [-0.25, -0.2) is 0 Å². The third-order valence-corrected chi connectivity index (χ3v) is 3.91. The molecule has 1 heterocycles. The maximum Gasteiger partial charge on any atom is 0.263 e. The molecular formula is C14H16N2O2. The first-order valence-electron chi connectivity index (χ1n) is 6.42. The molecule has 0 aromatic heterocycles. The third kappa shape index (κ3) is 1.45. The van der Waals surface area contributed by atoms with Gasteiger partial charge in [0.1, 0.15) is 0 Å². The lowest BCUT2D eigenvalue weighted by atomic mass is 10.1. The van der Waals surface area contributed by atoms with Gasteiger partial charge in [-0.3, -0.25) is 14.5 Å². The van der Waals surface area contributed by atoms with Gasteiger partial charge in [0, 0.05) is 18.8 Å². The molecule has 1 aromatic carbocycles. The number of amides is 2. The summed E-state index contributed by atoms with van der Waals surface area (Å²) in [5.41, 5.74) is 1.82. The summed E-state index contributed by atoms with van der Waals surface area (Å²) in [5.74, 6) is -0.258. The van der Waals surface area contributed by atoms with E-state index in [1.165, 1.54) is 4.90 Å². The molecule has 18 heavy (non-hydrogen) atoms. The van der Waals surface area contributed by atoms with Crippen molar-refractivity contribution < 1.29 is 9.59 Å². The Morgan fingerprint density at radius 1 is 1.17 bits per heavy atom. The molecule has 0 bridgehead atoms. The van der Waals surface area contributed by atoms with Gasteiger partial charge in [0.05, 0.1) is 11.1 Å². The Labute approximate surface area is 106 Å². The number of nitrogens with one attached hydrogen (secondary N) is 1. The van der Waals surface area contributed by atoms with Crippen LogP contribution in [0.15, 0.2) is 18.2 Å². The molecule has 1 fully saturated rings. The molecule has 0 radical (unpaired) electrons. The molecule has 4 nitrogen and oxygen atoms in total. The average Bonchev–Trinajstić information content (AvgIpc) is 2.98. The van der Waals surface area contributed by atoms with Crippen molar-refractivity contribution in [1.82, 2.24) is 4.90 Å². The lowest BCUT2D eigenvalue weighted by Gasteiger charge is -2.21. The van der Waals surface area contributed by atoms with E-state index in [2.05, 4.69) is 5.32 Å². The van der Waals surface area contributed by atoms with E-state index in [4.69, 9.17) is 0 Å². The van der Waals surface area contributed by atoms with Crippen molar-refractivity contribution in [2.75, 3.05) is 12.4 Å². The second kappa shape index (κ2) is 4.12. The first-order chi connectivity index (χ1) is 8.74. The Morgan fingerprint density at radius 3 is 2.56 bits per heavy atom. The number of nitrogens with zero attached hydrogens (tertiary/aromatic N) is 1. The van der Waals surface area contributed by atoms with Gasteiger partial charge in [-0.05, 0) is 25.0 Å². The Hall–Kier alpha value is -1.84. The summed E-state index contributed by atoms with van der Waals surface area (Å²) in [6.07, 6.45) is 4.11. The SMILES string of the molecule is CNc1cccc2c1C(=O)N(C1CCCC1)C2=O. The number of fused-ring (bicyclic) bond motifs is 1. The smallest absolute Gasteiger partial charge is 0.263 e. The molecule has 1 saturated carbocycles. The van der Waals surface area contributed by atoms with Gasteiger partial charge in [0.25, 0.3) is 11.8 Å². The predicted octanol–water partition coefficient (Wildman–Crippen LogP) is 2.27. The van der Waals surface area contributed by atoms with Gasteiger partial charge in [-0.1, -0.05) is 18.9 Å². The van der Waals surface area contributed by atoms with E-state index in [1.807, 2.05) is 12.1 Å². The molecule has 1 aromatic rings. The normalized spacial score (nSPS) is 19.5. The molecular weight excluding hydrogens is 228 g/mol. The number of rotatable bonds is 2. The summed E-state index contributed by atoms with van der Waals surface area (Å²) in [4.78, 5) is 26.2. The number of benzene rings is 1. The van der Waals surface area contributed by atoms with Gasteiger partial charge in [-0.2, -0.15) is 0 Å². The maximum atomic E-state index is 12.4. The van der Waals surface area contributed by atoms with E-state index in [9.17, 15) is 9.59 Å². The molecule has 0 atom stereocenters. The summed E-state index contributed by atoms with van der Waals surface area (Å²) in [6, 6.07) is 5.49. The number of imide groups is 1. The van der Waals surface area contributed by atoms with Crippen molar-refractivity contribution in [3.63, 3.8) is 0 Å². The molecule has 0 saturated heterocycles. The summed E-state index contributed by atoms with van der Waals surface area (Å²) < 4.78 is 0. The minimum atomic E-state index is -0.133. The number of hydrogen-bond donors (Lipinski definition) is 1. The van der Waals surface area contributed by atoms with Gasteiger partial charge < -0.3 is 5.32 Å². The summed E-state index contributed by atoms with van der Waals surface area (Å²) in [6.45, 7) is 0. The molecule has 4 heteroatoms. The van der Waals surface area contributed by atoms with Crippen LogP contribution in [0.3, 0.4) is 0 Å². The topological polar surface area (TPSA) is 49.4 Å². The molecule has 2 amide bonds. The Bertz CT molecular complexity index is 519. The number of carbonyl (C=O) groups excluding carboxylic acids is 2. The van der Waals surface area contributed by atoms with Crippen molar-refractivity contribution in [1.29, 1.82) is 0 Å². The van der Waals surface area contributed by atoms with E-state index in [0.717, 1.165) is 31.4 Å². The van der Waals surface area contributed by atoms with Crippen LogP contribution in [0.25, 0.3) is 0 Å². The highest BCUT2D eigenvalue weighted by Crippen LogP contribution is 2.34. The van der Waals surface area contributed by atoms with Crippen LogP contribution in [0.4, 0.5) is 5.69 Å². The molecule has 1 aliphatic carbocycles. The van der Waals surface area contributed by atoms with Crippen molar-refractivity contribution in [2.24, 2.45) is 0 Å². The predicted molar refractivity (Wildman–Crippen MR) is 68.7 cm³/mol. The highest BCUT2D eigenvalue weighted by Gasteiger charge is 2.41. The minimum absolute atomic E-state index is 0.0992. The average molecular weight is 244 g/mol. The fourth-order valence-electron chi connectivity index (χ4n) is 3.01. The van der Waals surface area contributed by atoms with E-state index in [-0.39, 0.29) is 17.9 Å². The zero-order valence-corrected chi connectivity index (χ0v) is 10.4. The quantitative estimate of drug-likeness (QED) is 0.812. The molecule has 2 aliphatic rings. The van der Waals surface area contributed by atoms with Crippen molar-refractivity contribution >= 4 is 17.5 Å². The van der Waals surface area contributed by atoms with Crippen molar-refractivity contribution in [2.45, 2.75) is 31.7 Å². The van der Waals surface area contributed by atoms with E-state index in [0.29, 0.717) is 11.1 Å². The molecule has 94 valence electrons. The van der Waals surface area contributed by atoms with Gasteiger partial charge in [-0.15, -0.1) is 0 Å². The van der Waals surface area contributed by atoms with Crippen LogP contribution in [0.5, 0.6) is 0 Å². The van der Waals surface area contributed by atoms with E-state index in [1.54, 1.807) is 13.1 Å². The zero-order chi connectivity index (χ0) is 12.7. The number of anilines is 1. The Morgan fingerprint density at radius 2 is 1.89 bits per heavy atom. The van der Waals surface area contributed by atoms with Crippen LogP contribution in [0.1, 0.15) is 46.4 Å². The second-order valence-electron chi connectivity index (χ2n) is 4.90. The van der Waals surface area contributed by atoms with Crippen LogP contribution in [0, 0.1) is 0 Å². The van der Waals surface area contributed by atoms with E-state index >= 15 is 0 Å². The second-order valence-corrected chi connectivity index (χ2v) is 4.90. The number of carbonyl (C=O) groups is 2. The molecule has 3 rings (SSSR count). The lowest BCUT2D eigenvalue weighted by molar-refractivity contribution is 0.0588. The molecule has 0 unspecified atom stereocenters. The van der Waals surface area contributed by atoms with Crippen molar-refractivity contribution in [3.8, 4) is 0 Å². The van der Waals surface area contributed by atoms with Gasteiger partial charge in [0.2, 0.25) is 0 Å². The summed E-state index contributed by atoms with van der Waals surface area (Å²) in [5, 5.41) is 2.99. The first-order valence-corrected chi connectivity index (χ1v) is 6.42. The fourth-order valence-corrected chi connectivity index (χ4v) is 3.01. The van der Waals surface area contributed by atoms with Crippen molar-refractivity contribution in [3.05, 3.63) is 29.3 Å². The minimum Gasteiger partial charge on any atom is -0.387 e. The molecule has 1 aliphatic heterocycles. The monoisotopic (exact) mass is 244 g/mol. The highest BCUT2D eigenvalue weighted by molar-refractivity contribution is 6.23. The van der Waals surface area contributed by atoms with Crippen LogP contribution in [-0.2, 0) is 0 Å². The summed E-state index contributed by atoms with van der Waals surface area (Å²) in [7, 11) is 1.77. The summed E-state index contributed by atoms with van der Waals surface area (Å²) >= 11 is 0. The van der Waals surface area contributed by atoms with Crippen LogP contribution < -0.4 is 5.32 Å². The first kappa shape index (κ1) is 11.3. The molecule has 0 spiro atoms. The Balaban J connectivity index is 2.05. The van der Waals surface area contributed by atoms with Gasteiger partial charge >= 0.3 is 0 Å². The Kier molecular flexibility index (Phi) is 2.58. The standard InChI is InChI=1S/C14H16N2O2/c1-15-11-8-4-7-10-12(11)14(18)16(13(10)17)9-5-2-3-6-9/h4,7-9,15H,2-3,5-6H2,1H3. The maximum absolute atomic E-state index is 12.4. The lowest BCUT2D eigenvalue weighted by Crippen LogP contribution is -2.38. The van der Waals surface area contributed by atoms with Crippen LogP contribution >= 0.6 is 0 Å². The number of hydrogen-bond acceptors (Lipinski definition) is 3. The van der Waals surface area contributed by atoms with Crippen LogP contribution in [0.2, 0.25) is 0 Å².